The SMILES string of the molecule is COc1ccc(NC(=O)Cn2cnc3sc(C)c(-c4ccccc4)c3c2=O)cc1. The van der Waals surface area contributed by atoms with Crippen LogP contribution < -0.4 is 15.6 Å². The van der Waals surface area contributed by atoms with Crippen LogP contribution in [0.3, 0.4) is 0 Å². The van der Waals surface area contributed by atoms with Crippen molar-refractivity contribution in [2.24, 2.45) is 0 Å². The summed E-state index contributed by atoms with van der Waals surface area (Å²) in [7, 11) is 1.58. The van der Waals surface area contributed by atoms with Gasteiger partial charge in [-0.3, -0.25) is 14.2 Å². The zero-order valence-corrected chi connectivity index (χ0v) is 16.8. The highest BCUT2D eigenvalue weighted by molar-refractivity contribution is 7.19. The average molecular weight is 405 g/mol. The monoisotopic (exact) mass is 405 g/mol. The Hall–Kier alpha value is -3.45. The molecule has 4 rings (SSSR count). The van der Waals surface area contributed by atoms with Crippen LogP contribution in [0.2, 0.25) is 0 Å². The number of hydrogen-bond donors (Lipinski definition) is 1. The normalized spacial score (nSPS) is 10.8. The standard InChI is InChI=1S/C22H19N3O3S/c1-14-19(15-6-4-3-5-7-15)20-21(29-14)23-13-25(22(20)27)12-18(26)24-16-8-10-17(28-2)11-9-16/h3-11,13H,12H2,1-2H3,(H,24,26). The summed E-state index contributed by atoms with van der Waals surface area (Å²) in [6.45, 7) is 1.87. The third-order valence-corrected chi connectivity index (χ3v) is 5.62. The van der Waals surface area contributed by atoms with Gasteiger partial charge in [-0.1, -0.05) is 30.3 Å². The summed E-state index contributed by atoms with van der Waals surface area (Å²) in [5.41, 5.74) is 2.26. The highest BCUT2D eigenvalue weighted by Gasteiger charge is 2.17. The van der Waals surface area contributed by atoms with Crippen LogP contribution >= 0.6 is 11.3 Å². The zero-order chi connectivity index (χ0) is 20.4. The quantitative estimate of drug-likeness (QED) is 0.543. The van der Waals surface area contributed by atoms with Crippen molar-refractivity contribution >= 4 is 33.1 Å². The third kappa shape index (κ3) is 3.77. The van der Waals surface area contributed by atoms with Crippen molar-refractivity contribution in [3.8, 4) is 16.9 Å². The van der Waals surface area contributed by atoms with Crippen molar-refractivity contribution in [2.45, 2.75) is 13.5 Å². The molecule has 1 N–H and O–H groups in total. The fourth-order valence-corrected chi connectivity index (χ4v) is 4.24. The number of rotatable bonds is 5. The maximum absolute atomic E-state index is 13.1. The summed E-state index contributed by atoms with van der Waals surface area (Å²) < 4.78 is 6.46. The van der Waals surface area contributed by atoms with E-state index in [4.69, 9.17) is 4.74 Å². The van der Waals surface area contributed by atoms with Crippen LogP contribution in [0.5, 0.6) is 5.75 Å². The number of methoxy groups -OCH3 is 1. The van der Waals surface area contributed by atoms with Crippen LogP contribution in [0.25, 0.3) is 21.3 Å². The van der Waals surface area contributed by atoms with Crippen LogP contribution in [0, 0.1) is 6.92 Å². The van der Waals surface area contributed by atoms with E-state index in [0.29, 0.717) is 21.7 Å². The molecule has 2 aromatic heterocycles. The number of aryl methyl sites for hydroxylation is 1. The summed E-state index contributed by atoms with van der Waals surface area (Å²) in [5.74, 6) is 0.404. The molecule has 1 amide bonds. The van der Waals surface area contributed by atoms with Gasteiger partial charge in [0.2, 0.25) is 5.91 Å². The first-order chi connectivity index (χ1) is 14.1. The largest absolute Gasteiger partial charge is 0.497 e. The number of ether oxygens (including phenoxy) is 1. The first-order valence-electron chi connectivity index (χ1n) is 9.04. The lowest BCUT2D eigenvalue weighted by Crippen LogP contribution is -2.27. The Kier molecular flexibility index (Phi) is 5.14. The molecule has 7 heteroatoms. The maximum atomic E-state index is 13.1. The summed E-state index contributed by atoms with van der Waals surface area (Å²) in [6.07, 6.45) is 1.43. The maximum Gasteiger partial charge on any atom is 0.263 e. The van der Waals surface area contributed by atoms with E-state index in [1.54, 1.807) is 31.4 Å². The molecule has 2 heterocycles. The van der Waals surface area contributed by atoms with E-state index >= 15 is 0 Å². The number of aromatic nitrogens is 2. The molecule has 0 aliphatic carbocycles. The molecule has 0 bridgehead atoms. The summed E-state index contributed by atoms with van der Waals surface area (Å²) in [4.78, 5) is 31.7. The van der Waals surface area contributed by atoms with Crippen LogP contribution in [0.1, 0.15) is 4.88 Å². The van der Waals surface area contributed by atoms with Crippen molar-refractivity contribution in [3.63, 3.8) is 0 Å². The molecular formula is C22H19N3O3S. The van der Waals surface area contributed by atoms with Gasteiger partial charge in [-0.05, 0) is 36.8 Å². The van der Waals surface area contributed by atoms with E-state index in [1.807, 2.05) is 37.3 Å². The van der Waals surface area contributed by atoms with Gasteiger partial charge in [-0.2, -0.15) is 0 Å². The molecule has 0 atom stereocenters. The molecule has 0 saturated carbocycles. The number of fused-ring (bicyclic) bond motifs is 1. The van der Waals surface area contributed by atoms with Crippen molar-refractivity contribution in [1.82, 2.24) is 9.55 Å². The lowest BCUT2D eigenvalue weighted by molar-refractivity contribution is -0.116. The Morgan fingerprint density at radius 1 is 1.14 bits per heavy atom. The summed E-state index contributed by atoms with van der Waals surface area (Å²) in [6, 6.07) is 16.8. The highest BCUT2D eigenvalue weighted by Crippen LogP contribution is 2.35. The number of thiophene rings is 1. The van der Waals surface area contributed by atoms with Gasteiger partial charge in [0.15, 0.2) is 0 Å². The molecule has 146 valence electrons. The fourth-order valence-electron chi connectivity index (χ4n) is 3.23. The van der Waals surface area contributed by atoms with Crippen molar-refractivity contribution < 1.29 is 9.53 Å². The van der Waals surface area contributed by atoms with E-state index in [9.17, 15) is 9.59 Å². The molecule has 0 saturated heterocycles. The Balaban J connectivity index is 1.65. The first kappa shape index (κ1) is 18.9. The van der Waals surface area contributed by atoms with E-state index in [1.165, 1.54) is 22.2 Å². The van der Waals surface area contributed by atoms with Crippen LogP contribution in [0.15, 0.2) is 65.7 Å². The first-order valence-corrected chi connectivity index (χ1v) is 9.86. The number of hydrogen-bond acceptors (Lipinski definition) is 5. The topological polar surface area (TPSA) is 73.2 Å². The van der Waals surface area contributed by atoms with Crippen LogP contribution in [-0.2, 0) is 11.3 Å². The molecule has 0 fully saturated rings. The lowest BCUT2D eigenvalue weighted by Gasteiger charge is -2.08. The molecule has 4 aromatic rings. The molecule has 0 unspecified atom stereocenters. The molecule has 0 radical (unpaired) electrons. The number of benzene rings is 2. The molecule has 0 aliphatic heterocycles. The second-order valence-electron chi connectivity index (χ2n) is 6.53. The molecule has 6 nitrogen and oxygen atoms in total. The number of nitrogens with zero attached hydrogens (tertiary/aromatic N) is 2. The van der Waals surface area contributed by atoms with Gasteiger partial charge < -0.3 is 10.1 Å². The Morgan fingerprint density at radius 3 is 2.55 bits per heavy atom. The third-order valence-electron chi connectivity index (χ3n) is 4.60. The van der Waals surface area contributed by atoms with E-state index in [2.05, 4.69) is 10.3 Å². The predicted octanol–water partition coefficient (Wildman–Crippen LogP) is 4.08. The van der Waals surface area contributed by atoms with Crippen LogP contribution in [-0.4, -0.2) is 22.6 Å². The highest BCUT2D eigenvalue weighted by atomic mass is 32.1. The smallest absolute Gasteiger partial charge is 0.263 e. The minimum Gasteiger partial charge on any atom is -0.497 e. The molecule has 0 spiro atoms. The number of carbonyl (C=O) groups is 1. The number of anilines is 1. The van der Waals surface area contributed by atoms with E-state index in [0.717, 1.165) is 16.0 Å². The van der Waals surface area contributed by atoms with Gasteiger partial charge in [0.05, 0.1) is 18.8 Å². The number of carbonyl (C=O) groups excluding carboxylic acids is 1. The predicted molar refractivity (Wildman–Crippen MR) is 116 cm³/mol. The summed E-state index contributed by atoms with van der Waals surface area (Å²) in [5, 5.41) is 3.34. The van der Waals surface area contributed by atoms with E-state index in [-0.39, 0.29) is 18.0 Å². The van der Waals surface area contributed by atoms with Gasteiger partial charge in [0, 0.05) is 16.1 Å². The number of nitrogens with one attached hydrogen (secondary N) is 1. The molecule has 0 aliphatic rings. The van der Waals surface area contributed by atoms with Crippen LogP contribution in [0.4, 0.5) is 5.69 Å². The average Bonchev–Trinajstić information content (AvgIpc) is 3.08. The van der Waals surface area contributed by atoms with Gasteiger partial charge in [-0.25, -0.2) is 4.98 Å². The van der Waals surface area contributed by atoms with Gasteiger partial charge in [0.25, 0.3) is 5.56 Å². The second kappa shape index (κ2) is 7.89. The van der Waals surface area contributed by atoms with E-state index < -0.39 is 0 Å². The lowest BCUT2D eigenvalue weighted by atomic mass is 10.0. The van der Waals surface area contributed by atoms with Gasteiger partial charge in [-0.15, -0.1) is 11.3 Å². The second-order valence-corrected chi connectivity index (χ2v) is 7.74. The fraction of sp³-hybridized carbons (Fsp3) is 0.136. The Morgan fingerprint density at radius 2 is 1.86 bits per heavy atom. The minimum absolute atomic E-state index is 0.114. The van der Waals surface area contributed by atoms with Crippen molar-refractivity contribution in [1.29, 1.82) is 0 Å². The van der Waals surface area contributed by atoms with Crippen molar-refractivity contribution in [3.05, 3.63) is 76.2 Å². The van der Waals surface area contributed by atoms with Crippen molar-refractivity contribution in [2.75, 3.05) is 12.4 Å². The van der Waals surface area contributed by atoms with Gasteiger partial charge >= 0.3 is 0 Å². The molecular weight excluding hydrogens is 386 g/mol. The minimum atomic E-state index is -0.299. The summed E-state index contributed by atoms with van der Waals surface area (Å²) >= 11 is 1.48. The zero-order valence-electron chi connectivity index (χ0n) is 16.0. The number of amides is 1. The molecule has 2 aromatic carbocycles. The van der Waals surface area contributed by atoms with Gasteiger partial charge in [0.1, 0.15) is 17.1 Å². The Bertz CT molecular complexity index is 1230. The Labute approximate surface area is 171 Å². The molecule has 29 heavy (non-hydrogen) atoms.